The molecule has 1 aliphatic rings. The molecule has 0 atom stereocenters. The van der Waals surface area contributed by atoms with Crippen LogP contribution in [0.25, 0.3) is 0 Å². The van der Waals surface area contributed by atoms with Gasteiger partial charge in [0, 0.05) is 5.57 Å². The van der Waals surface area contributed by atoms with E-state index in [2.05, 4.69) is 11.6 Å². The molecule has 0 aromatic rings. The molecular weight excluding hydrogens is 154 g/mol. The van der Waals surface area contributed by atoms with E-state index in [-0.39, 0.29) is 11.5 Å². The zero-order chi connectivity index (χ0) is 9.35. The summed E-state index contributed by atoms with van der Waals surface area (Å²) in [5.41, 5.74) is 0.347. The third kappa shape index (κ3) is 1.94. The van der Waals surface area contributed by atoms with Crippen molar-refractivity contribution in [3.8, 4) is 0 Å². The number of ether oxygens (including phenoxy) is 1. The quantitative estimate of drug-likeness (QED) is 0.557. The van der Waals surface area contributed by atoms with Crippen molar-refractivity contribution in [2.75, 3.05) is 0 Å². The first-order valence-corrected chi connectivity index (χ1v) is 3.87. The lowest BCUT2D eigenvalue weighted by Gasteiger charge is -2.25. The third-order valence-corrected chi connectivity index (χ3v) is 1.56. The minimum absolute atomic E-state index is 0.229. The van der Waals surface area contributed by atoms with Crippen LogP contribution in [0.1, 0.15) is 27.2 Å². The van der Waals surface area contributed by atoms with Crippen LogP contribution in [-0.2, 0) is 9.53 Å². The average molecular weight is 167 g/mol. The molecule has 0 aliphatic carbocycles. The van der Waals surface area contributed by atoms with Gasteiger partial charge in [-0.1, -0.05) is 6.58 Å². The molecule has 0 aromatic heterocycles. The van der Waals surface area contributed by atoms with Crippen LogP contribution >= 0.6 is 0 Å². The van der Waals surface area contributed by atoms with Crippen molar-refractivity contribution >= 4 is 11.9 Å². The Morgan fingerprint density at radius 2 is 2.25 bits per heavy atom. The van der Waals surface area contributed by atoms with E-state index < -0.39 is 0 Å². The van der Waals surface area contributed by atoms with Gasteiger partial charge in [0.15, 0.2) is 0 Å². The van der Waals surface area contributed by atoms with Crippen molar-refractivity contribution < 1.29 is 9.53 Å². The lowest BCUT2D eigenvalue weighted by molar-refractivity contribution is -0.137. The van der Waals surface area contributed by atoms with E-state index in [1.54, 1.807) is 6.92 Å². The van der Waals surface area contributed by atoms with Crippen molar-refractivity contribution in [2.24, 2.45) is 4.99 Å². The third-order valence-electron chi connectivity index (χ3n) is 1.56. The summed E-state index contributed by atoms with van der Waals surface area (Å²) in [5.74, 6) is 0.143. The van der Waals surface area contributed by atoms with Crippen LogP contribution in [0, 0.1) is 0 Å². The summed E-state index contributed by atoms with van der Waals surface area (Å²) < 4.78 is 4.89. The molecule has 0 bridgehead atoms. The maximum Gasteiger partial charge on any atom is 0.314 e. The van der Waals surface area contributed by atoms with Gasteiger partial charge in [-0.25, -0.2) is 4.99 Å². The van der Waals surface area contributed by atoms with Gasteiger partial charge in [-0.3, -0.25) is 4.79 Å². The van der Waals surface area contributed by atoms with Gasteiger partial charge < -0.3 is 4.74 Å². The average Bonchev–Trinajstić information content (AvgIpc) is 1.82. The molecular formula is C9H13NO2. The van der Waals surface area contributed by atoms with E-state index in [1.165, 1.54) is 0 Å². The molecule has 0 saturated carbocycles. The highest BCUT2D eigenvalue weighted by Crippen LogP contribution is 2.21. The summed E-state index contributed by atoms with van der Waals surface area (Å²) in [6.07, 6.45) is 0.337. The fraction of sp³-hybridized carbons (Fsp3) is 0.556. The first kappa shape index (κ1) is 8.97. The topological polar surface area (TPSA) is 38.7 Å². The molecule has 3 nitrogen and oxygen atoms in total. The second kappa shape index (κ2) is 2.73. The van der Waals surface area contributed by atoms with E-state index in [4.69, 9.17) is 4.74 Å². The van der Waals surface area contributed by atoms with Gasteiger partial charge in [0.2, 0.25) is 5.90 Å². The standard InChI is InChI=1S/C9H13NO2/c1-6(2)8-10-9(3,4)5-7(11)12-8/h1,5H2,2-4H3. The number of cyclic esters (lactones) is 1. The lowest BCUT2D eigenvalue weighted by Crippen LogP contribution is -2.32. The van der Waals surface area contributed by atoms with E-state index >= 15 is 0 Å². The van der Waals surface area contributed by atoms with Gasteiger partial charge in [-0.05, 0) is 20.8 Å². The number of hydrogen-bond donors (Lipinski definition) is 0. The number of esters is 1. The zero-order valence-electron chi connectivity index (χ0n) is 7.68. The summed E-state index contributed by atoms with van der Waals surface area (Å²) in [7, 11) is 0. The number of hydrogen-bond acceptors (Lipinski definition) is 3. The molecule has 1 heterocycles. The molecule has 0 spiro atoms. The molecule has 0 unspecified atom stereocenters. The maximum absolute atomic E-state index is 11.0. The molecule has 0 N–H and O–H groups in total. The largest absolute Gasteiger partial charge is 0.407 e. The van der Waals surface area contributed by atoms with Gasteiger partial charge in [-0.2, -0.15) is 0 Å². The molecule has 3 heteroatoms. The minimum atomic E-state index is -0.344. The van der Waals surface area contributed by atoms with Gasteiger partial charge in [0.05, 0.1) is 12.0 Å². The maximum atomic E-state index is 11.0. The van der Waals surface area contributed by atoms with Gasteiger partial charge >= 0.3 is 5.97 Å². The smallest absolute Gasteiger partial charge is 0.314 e. The van der Waals surface area contributed by atoms with Crippen molar-refractivity contribution in [1.82, 2.24) is 0 Å². The van der Waals surface area contributed by atoms with Gasteiger partial charge in [0.1, 0.15) is 0 Å². The van der Waals surface area contributed by atoms with Crippen molar-refractivity contribution in [1.29, 1.82) is 0 Å². The molecule has 1 aliphatic heterocycles. The predicted octanol–water partition coefficient (Wildman–Crippen LogP) is 1.69. The Morgan fingerprint density at radius 3 is 2.67 bits per heavy atom. The second-order valence-corrected chi connectivity index (χ2v) is 3.66. The highest BCUT2D eigenvalue weighted by atomic mass is 16.5. The molecule has 12 heavy (non-hydrogen) atoms. The fourth-order valence-electron chi connectivity index (χ4n) is 1.02. The van der Waals surface area contributed by atoms with Crippen LogP contribution < -0.4 is 0 Å². The number of nitrogens with zero attached hydrogens (tertiary/aromatic N) is 1. The predicted molar refractivity (Wildman–Crippen MR) is 47.0 cm³/mol. The van der Waals surface area contributed by atoms with E-state index in [0.29, 0.717) is 17.9 Å². The van der Waals surface area contributed by atoms with Crippen LogP contribution in [-0.4, -0.2) is 17.4 Å². The molecule has 0 saturated heterocycles. The molecule has 0 radical (unpaired) electrons. The summed E-state index contributed by atoms with van der Waals surface area (Å²) in [6, 6.07) is 0. The highest BCUT2D eigenvalue weighted by Gasteiger charge is 2.29. The van der Waals surface area contributed by atoms with Crippen LogP contribution in [0.5, 0.6) is 0 Å². The monoisotopic (exact) mass is 167 g/mol. The number of rotatable bonds is 1. The molecule has 0 amide bonds. The molecule has 66 valence electrons. The van der Waals surface area contributed by atoms with E-state index in [1.807, 2.05) is 13.8 Å². The number of aliphatic imine (C=N–C) groups is 1. The summed E-state index contributed by atoms with van der Waals surface area (Å²) in [6.45, 7) is 9.24. The number of carbonyl (C=O) groups excluding carboxylic acids is 1. The fourth-order valence-corrected chi connectivity index (χ4v) is 1.02. The number of carbonyl (C=O) groups is 1. The van der Waals surface area contributed by atoms with Crippen LogP contribution in [0.15, 0.2) is 17.1 Å². The Kier molecular flexibility index (Phi) is 2.04. The Bertz CT molecular complexity index is 264. The first-order valence-electron chi connectivity index (χ1n) is 3.87. The highest BCUT2D eigenvalue weighted by molar-refractivity contribution is 6.01. The minimum Gasteiger partial charge on any atom is -0.407 e. The second-order valence-electron chi connectivity index (χ2n) is 3.66. The van der Waals surface area contributed by atoms with Crippen molar-refractivity contribution in [3.63, 3.8) is 0 Å². The Balaban J connectivity index is 2.95. The van der Waals surface area contributed by atoms with Crippen LogP contribution in [0.3, 0.4) is 0 Å². The molecule has 1 rings (SSSR count). The van der Waals surface area contributed by atoms with E-state index in [9.17, 15) is 4.79 Å². The lowest BCUT2D eigenvalue weighted by atomic mass is 10.0. The Hall–Kier alpha value is -1.12. The SMILES string of the molecule is C=C(C)C1=NC(C)(C)CC(=O)O1. The first-order chi connectivity index (χ1) is 5.41. The van der Waals surface area contributed by atoms with Crippen LogP contribution in [0.4, 0.5) is 0 Å². The normalized spacial score (nSPS) is 21.2. The Morgan fingerprint density at radius 1 is 1.67 bits per heavy atom. The molecule has 0 aromatic carbocycles. The van der Waals surface area contributed by atoms with Gasteiger partial charge in [0.25, 0.3) is 0 Å². The van der Waals surface area contributed by atoms with Gasteiger partial charge in [-0.15, -0.1) is 0 Å². The zero-order valence-corrected chi connectivity index (χ0v) is 7.68. The van der Waals surface area contributed by atoms with Crippen molar-refractivity contribution in [3.05, 3.63) is 12.2 Å². The summed E-state index contributed by atoms with van der Waals surface area (Å²) in [4.78, 5) is 15.3. The summed E-state index contributed by atoms with van der Waals surface area (Å²) >= 11 is 0. The Labute approximate surface area is 72.1 Å². The summed E-state index contributed by atoms with van der Waals surface area (Å²) in [5, 5.41) is 0. The van der Waals surface area contributed by atoms with Crippen molar-refractivity contribution in [2.45, 2.75) is 32.7 Å². The molecule has 0 fully saturated rings. The van der Waals surface area contributed by atoms with Crippen LogP contribution in [0.2, 0.25) is 0 Å². The van der Waals surface area contributed by atoms with E-state index in [0.717, 1.165) is 0 Å².